The Labute approximate surface area is 100 Å². The molecule has 0 aliphatic carbocycles. The number of carboxylic acid groups (broad SMARTS) is 1. The number of hydrogen-bond acceptors (Lipinski definition) is 4. The van der Waals surface area contributed by atoms with Gasteiger partial charge in [-0.25, -0.2) is 0 Å². The van der Waals surface area contributed by atoms with Gasteiger partial charge in [-0.2, -0.15) is 10.5 Å². The standard InChI is InChI=1S/C3H7NO2.2C2H3N.Na.H/c1-2(4)3(5)6;2*1-2-3;;/h2H,4H2,1H3,(H,5,6);2*1H3;;. The van der Waals surface area contributed by atoms with Crippen LogP contribution in [0.5, 0.6) is 0 Å². The second-order valence-corrected chi connectivity index (χ2v) is 1.57. The van der Waals surface area contributed by atoms with Crippen molar-refractivity contribution < 1.29 is 9.90 Å². The zero-order valence-corrected chi connectivity index (χ0v) is 7.40. The third-order valence-electron chi connectivity index (χ3n) is 0.390. The topological polar surface area (TPSA) is 111 Å². The average Bonchev–Trinajstić information content (AvgIpc) is 1.90. The van der Waals surface area contributed by atoms with Crippen molar-refractivity contribution in [3.8, 4) is 12.1 Å². The van der Waals surface area contributed by atoms with E-state index >= 15 is 0 Å². The summed E-state index contributed by atoms with van der Waals surface area (Å²) in [5.74, 6) is -0.963. The Morgan fingerprint density at radius 3 is 1.46 bits per heavy atom. The molecule has 6 heteroatoms. The Morgan fingerprint density at radius 2 is 1.46 bits per heavy atom. The zero-order valence-electron chi connectivity index (χ0n) is 7.40. The van der Waals surface area contributed by atoms with Gasteiger partial charge >= 0.3 is 35.5 Å². The molecule has 1 atom stereocenters. The number of nitrogens with two attached hydrogens (primary N) is 1. The summed E-state index contributed by atoms with van der Waals surface area (Å²) in [5.41, 5.74) is 4.84. The molecule has 0 rings (SSSR count). The van der Waals surface area contributed by atoms with Gasteiger partial charge in [0.1, 0.15) is 6.04 Å². The Balaban J connectivity index is -0.0000000501. The Bertz CT molecular complexity index is 169. The molecular weight excluding hydrogens is 181 g/mol. The molecule has 0 aromatic rings. The van der Waals surface area contributed by atoms with Crippen LogP contribution in [0.1, 0.15) is 20.8 Å². The van der Waals surface area contributed by atoms with Crippen molar-refractivity contribution >= 4 is 35.5 Å². The fourth-order valence-electron chi connectivity index (χ4n) is 0. The molecule has 0 fully saturated rings. The summed E-state index contributed by atoms with van der Waals surface area (Å²) < 4.78 is 0. The third-order valence-corrected chi connectivity index (χ3v) is 0.390. The maximum absolute atomic E-state index is 9.57. The number of nitrogens with zero attached hydrogens (tertiary/aromatic N) is 2. The first-order chi connectivity index (χ1) is 5.47. The van der Waals surface area contributed by atoms with Crippen LogP contribution in [0.25, 0.3) is 0 Å². The van der Waals surface area contributed by atoms with Gasteiger partial charge in [-0.3, -0.25) is 4.79 Å². The van der Waals surface area contributed by atoms with E-state index in [0.717, 1.165) is 0 Å². The summed E-state index contributed by atoms with van der Waals surface area (Å²) >= 11 is 0. The van der Waals surface area contributed by atoms with Gasteiger partial charge in [0.05, 0.1) is 12.1 Å². The molecule has 5 nitrogen and oxygen atoms in total. The van der Waals surface area contributed by atoms with Crippen molar-refractivity contribution in [3.63, 3.8) is 0 Å². The van der Waals surface area contributed by atoms with Crippen LogP contribution < -0.4 is 5.73 Å². The molecule has 0 amide bonds. The van der Waals surface area contributed by atoms with Gasteiger partial charge in [0.25, 0.3) is 0 Å². The minimum atomic E-state index is -0.963. The van der Waals surface area contributed by atoms with Crippen LogP contribution >= 0.6 is 0 Å². The molecule has 13 heavy (non-hydrogen) atoms. The van der Waals surface area contributed by atoms with Crippen molar-refractivity contribution in [1.29, 1.82) is 10.5 Å². The zero-order chi connectivity index (χ0) is 10.6. The first-order valence-corrected chi connectivity index (χ1v) is 3.07. The van der Waals surface area contributed by atoms with E-state index in [9.17, 15) is 4.79 Å². The van der Waals surface area contributed by atoms with Crippen LogP contribution in [0.4, 0.5) is 0 Å². The number of carbonyl (C=O) groups is 1. The van der Waals surface area contributed by atoms with E-state index in [1.165, 1.54) is 20.8 Å². The summed E-state index contributed by atoms with van der Waals surface area (Å²) in [4.78, 5) is 9.57. The van der Waals surface area contributed by atoms with Crippen molar-refractivity contribution in [2.24, 2.45) is 5.73 Å². The Hall–Kier alpha value is -0.590. The predicted octanol–water partition coefficient (Wildman–Crippen LogP) is -0.171. The van der Waals surface area contributed by atoms with Crippen LogP contribution in [-0.4, -0.2) is 46.7 Å². The molecule has 0 aromatic heterocycles. The molecular formula is C7H14N3NaO2. The fraction of sp³-hybridized carbons (Fsp3) is 0.571. The molecule has 0 saturated carbocycles. The molecule has 3 N–H and O–H groups in total. The second kappa shape index (κ2) is 22.5. The van der Waals surface area contributed by atoms with E-state index in [2.05, 4.69) is 0 Å². The second-order valence-electron chi connectivity index (χ2n) is 1.57. The van der Waals surface area contributed by atoms with E-state index in [1.807, 2.05) is 0 Å². The SMILES string of the molecule is CC#N.CC#N.CC(N)C(=O)O.[NaH]. The molecule has 0 aliphatic rings. The third kappa shape index (κ3) is 86.9. The number of carboxylic acids is 1. The van der Waals surface area contributed by atoms with Gasteiger partial charge in [0.2, 0.25) is 0 Å². The van der Waals surface area contributed by atoms with Gasteiger partial charge in [-0.05, 0) is 6.92 Å². The average molecular weight is 195 g/mol. The quantitative estimate of drug-likeness (QED) is 0.564. The molecule has 1 unspecified atom stereocenters. The number of rotatable bonds is 1. The summed E-state index contributed by atoms with van der Waals surface area (Å²) in [6, 6.07) is 2.77. The van der Waals surface area contributed by atoms with Crippen LogP contribution in [-0.2, 0) is 4.79 Å². The molecule has 0 spiro atoms. The van der Waals surface area contributed by atoms with Crippen LogP contribution in [0.15, 0.2) is 0 Å². The normalized spacial score (nSPS) is 7.54. The van der Waals surface area contributed by atoms with Gasteiger partial charge < -0.3 is 10.8 Å². The van der Waals surface area contributed by atoms with Crippen LogP contribution in [0.2, 0.25) is 0 Å². The number of nitriles is 2. The predicted molar refractivity (Wildman–Crippen MR) is 51.0 cm³/mol. The van der Waals surface area contributed by atoms with E-state index in [-0.39, 0.29) is 29.6 Å². The monoisotopic (exact) mass is 195 g/mol. The van der Waals surface area contributed by atoms with Crippen molar-refractivity contribution in [3.05, 3.63) is 0 Å². The van der Waals surface area contributed by atoms with Crippen molar-refractivity contribution in [1.82, 2.24) is 0 Å². The molecule has 0 aromatic carbocycles. The Kier molecular flexibility index (Phi) is 39.6. The first kappa shape index (κ1) is 22.8. The summed E-state index contributed by atoms with van der Waals surface area (Å²) in [6.45, 7) is 4.28. The van der Waals surface area contributed by atoms with E-state index < -0.39 is 12.0 Å². The van der Waals surface area contributed by atoms with Gasteiger partial charge in [-0.15, -0.1) is 0 Å². The molecule has 0 aliphatic heterocycles. The number of hydrogen-bond donors (Lipinski definition) is 2. The summed E-state index contributed by atoms with van der Waals surface area (Å²) in [5, 5.41) is 22.5. The van der Waals surface area contributed by atoms with Gasteiger partial charge in [0.15, 0.2) is 0 Å². The Morgan fingerprint density at radius 1 is 1.38 bits per heavy atom. The van der Waals surface area contributed by atoms with Crippen molar-refractivity contribution in [2.45, 2.75) is 26.8 Å². The van der Waals surface area contributed by atoms with Crippen LogP contribution in [0, 0.1) is 22.7 Å². The summed E-state index contributed by atoms with van der Waals surface area (Å²) in [6.07, 6.45) is 0. The first-order valence-electron chi connectivity index (χ1n) is 3.07. The molecule has 0 heterocycles. The maximum atomic E-state index is 9.57. The van der Waals surface area contributed by atoms with E-state index in [1.54, 1.807) is 12.1 Å². The van der Waals surface area contributed by atoms with Gasteiger partial charge in [-0.1, -0.05) is 0 Å². The molecule has 70 valence electrons. The van der Waals surface area contributed by atoms with E-state index in [0.29, 0.717) is 0 Å². The van der Waals surface area contributed by atoms with Crippen molar-refractivity contribution in [2.75, 3.05) is 0 Å². The molecule has 0 saturated heterocycles. The molecule has 0 radical (unpaired) electrons. The summed E-state index contributed by atoms with van der Waals surface area (Å²) in [7, 11) is 0. The van der Waals surface area contributed by atoms with E-state index in [4.69, 9.17) is 21.4 Å². The van der Waals surface area contributed by atoms with Crippen LogP contribution in [0.3, 0.4) is 0 Å². The molecule has 0 bridgehead atoms. The van der Waals surface area contributed by atoms with Gasteiger partial charge in [0, 0.05) is 13.8 Å². The minimum absolute atomic E-state index is 0. The fourth-order valence-corrected chi connectivity index (χ4v) is 0. The number of aliphatic carboxylic acids is 1.